The van der Waals surface area contributed by atoms with Gasteiger partial charge in [-0.2, -0.15) is 0 Å². The van der Waals surface area contributed by atoms with Crippen molar-refractivity contribution in [3.05, 3.63) is 0 Å². The predicted molar refractivity (Wildman–Crippen MR) is 51.2 cm³/mol. The third kappa shape index (κ3) is 3.99. The number of hydrogen-bond acceptors (Lipinski definition) is 2. The Labute approximate surface area is 87.5 Å². The molecule has 1 amide bonds. The van der Waals surface area contributed by atoms with E-state index in [2.05, 4.69) is 0 Å². The number of carbonyl (C=O) groups is 1. The van der Waals surface area contributed by atoms with Gasteiger partial charge in [-0.25, -0.2) is 13.6 Å². The third-order valence-electron chi connectivity index (χ3n) is 2.58. The van der Waals surface area contributed by atoms with E-state index in [1.54, 1.807) is 11.9 Å². The maximum Gasteiger partial charge on any atom is 0.407 e. The number of nitrogens with zero attached hydrogens (tertiary/aromatic N) is 2. The first-order valence-corrected chi connectivity index (χ1v) is 4.93. The fourth-order valence-corrected chi connectivity index (χ4v) is 1.91. The number of rotatable bonds is 4. The van der Waals surface area contributed by atoms with Gasteiger partial charge in [-0.1, -0.05) is 0 Å². The number of carboxylic acid groups (broad SMARTS) is 1. The highest BCUT2D eigenvalue weighted by Crippen LogP contribution is 2.17. The first-order chi connectivity index (χ1) is 6.99. The summed E-state index contributed by atoms with van der Waals surface area (Å²) < 4.78 is 24.0. The molecule has 1 aliphatic rings. The zero-order valence-electron chi connectivity index (χ0n) is 8.70. The average molecular weight is 222 g/mol. The molecule has 1 N–H and O–H groups in total. The molecule has 1 saturated heterocycles. The van der Waals surface area contributed by atoms with Crippen LogP contribution in [0, 0.1) is 5.92 Å². The van der Waals surface area contributed by atoms with Crippen molar-refractivity contribution in [2.45, 2.75) is 12.8 Å². The van der Waals surface area contributed by atoms with Crippen LogP contribution < -0.4 is 0 Å². The van der Waals surface area contributed by atoms with Crippen LogP contribution in [0.15, 0.2) is 0 Å². The molecule has 1 heterocycles. The molecule has 1 atom stereocenters. The van der Waals surface area contributed by atoms with Crippen molar-refractivity contribution in [3.8, 4) is 0 Å². The number of alkyl halides is 2. The minimum atomic E-state index is -2.33. The van der Waals surface area contributed by atoms with Gasteiger partial charge in [0.1, 0.15) is 0 Å². The maximum atomic E-state index is 12.0. The maximum absolute atomic E-state index is 12.0. The number of amides is 1. The van der Waals surface area contributed by atoms with Gasteiger partial charge in [-0.3, -0.25) is 0 Å². The molecule has 1 aliphatic heterocycles. The summed E-state index contributed by atoms with van der Waals surface area (Å²) in [5.74, 6) is 0.185. The summed E-state index contributed by atoms with van der Waals surface area (Å²) in [6.45, 7) is 1.27. The summed E-state index contributed by atoms with van der Waals surface area (Å²) in [5, 5.41) is 8.70. The molecule has 0 radical (unpaired) electrons. The Bertz CT molecular complexity index is 226. The normalized spacial score (nSPS) is 21.7. The first kappa shape index (κ1) is 12.2. The Balaban J connectivity index is 2.26. The van der Waals surface area contributed by atoms with Crippen molar-refractivity contribution in [3.63, 3.8) is 0 Å². The van der Waals surface area contributed by atoms with Crippen molar-refractivity contribution in [2.75, 3.05) is 33.2 Å². The molecule has 1 rings (SSSR count). The fraction of sp³-hybridized carbons (Fsp3) is 0.889. The van der Waals surface area contributed by atoms with E-state index < -0.39 is 12.5 Å². The molecule has 0 aromatic heterocycles. The Hall–Kier alpha value is -0.910. The number of hydrogen-bond donors (Lipinski definition) is 1. The second kappa shape index (κ2) is 5.25. The second-order valence-corrected chi connectivity index (χ2v) is 4.00. The van der Waals surface area contributed by atoms with Crippen molar-refractivity contribution in [1.29, 1.82) is 0 Å². The van der Waals surface area contributed by atoms with Gasteiger partial charge >= 0.3 is 6.09 Å². The monoisotopic (exact) mass is 222 g/mol. The molecule has 6 heteroatoms. The van der Waals surface area contributed by atoms with Gasteiger partial charge < -0.3 is 14.9 Å². The Kier molecular flexibility index (Phi) is 4.26. The van der Waals surface area contributed by atoms with E-state index in [1.165, 1.54) is 4.90 Å². The van der Waals surface area contributed by atoms with Gasteiger partial charge in [0.25, 0.3) is 6.43 Å². The zero-order valence-corrected chi connectivity index (χ0v) is 8.70. The molecule has 0 spiro atoms. The van der Waals surface area contributed by atoms with E-state index in [4.69, 9.17) is 5.11 Å². The first-order valence-electron chi connectivity index (χ1n) is 4.93. The van der Waals surface area contributed by atoms with Gasteiger partial charge in [0.15, 0.2) is 0 Å². The molecular weight excluding hydrogens is 206 g/mol. The summed E-state index contributed by atoms with van der Waals surface area (Å²) in [6.07, 6.45) is -2.49. The highest BCUT2D eigenvalue weighted by Gasteiger charge is 2.26. The van der Waals surface area contributed by atoms with Gasteiger partial charge in [-0.05, 0) is 19.4 Å². The van der Waals surface area contributed by atoms with E-state index in [-0.39, 0.29) is 12.5 Å². The van der Waals surface area contributed by atoms with Gasteiger partial charge in [0, 0.05) is 19.6 Å². The van der Waals surface area contributed by atoms with Gasteiger partial charge in [0.05, 0.1) is 6.54 Å². The van der Waals surface area contributed by atoms with Crippen LogP contribution in [0.5, 0.6) is 0 Å². The van der Waals surface area contributed by atoms with Crippen LogP contribution in [0.2, 0.25) is 0 Å². The quantitative estimate of drug-likeness (QED) is 0.776. The van der Waals surface area contributed by atoms with Crippen LogP contribution >= 0.6 is 0 Å². The lowest BCUT2D eigenvalue weighted by Gasteiger charge is -2.20. The molecule has 0 aromatic rings. The Morgan fingerprint density at radius 3 is 2.80 bits per heavy atom. The molecule has 0 bridgehead atoms. The Morgan fingerprint density at radius 2 is 2.33 bits per heavy atom. The van der Waals surface area contributed by atoms with E-state index in [0.29, 0.717) is 19.6 Å². The highest BCUT2D eigenvalue weighted by atomic mass is 19.3. The molecule has 15 heavy (non-hydrogen) atoms. The van der Waals surface area contributed by atoms with Crippen LogP contribution in [0.25, 0.3) is 0 Å². The molecule has 0 aliphatic carbocycles. The lowest BCUT2D eigenvalue weighted by Crippen LogP contribution is -2.32. The predicted octanol–water partition coefficient (Wildman–Crippen LogP) is 1.18. The molecule has 1 fully saturated rings. The average Bonchev–Trinajstić information content (AvgIpc) is 2.50. The minimum Gasteiger partial charge on any atom is -0.465 e. The van der Waals surface area contributed by atoms with Crippen molar-refractivity contribution in [2.24, 2.45) is 5.92 Å². The van der Waals surface area contributed by atoms with E-state index in [1.807, 2.05) is 0 Å². The van der Waals surface area contributed by atoms with E-state index >= 15 is 0 Å². The minimum absolute atomic E-state index is 0.185. The number of halogens is 2. The lowest BCUT2D eigenvalue weighted by atomic mass is 10.1. The largest absolute Gasteiger partial charge is 0.465 e. The summed E-state index contributed by atoms with van der Waals surface area (Å²) in [7, 11) is 1.63. The standard InChI is InChI=1S/C9H16F2N2O2/c1-12(6-8(10)11)4-7-2-3-13(5-7)9(14)15/h7-8H,2-6H2,1H3,(H,14,15)/t7-/m0/s1. The molecule has 88 valence electrons. The van der Waals surface area contributed by atoms with Gasteiger partial charge in [0.2, 0.25) is 0 Å². The molecule has 0 unspecified atom stereocenters. The van der Waals surface area contributed by atoms with Crippen molar-refractivity contribution < 1.29 is 18.7 Å². The SMILES string of the molecule is CN(CC(F)F)C[C@@H]1CCN(C(=O)O)C1. The summed E-state index contributed by atoms with van der Waals surface area (Å²) in [5.41, 5.74) is 0. The van der Waals surface area contributed by atoms with Crippen LogP contribution in [0.1, 0.15) is 6.42 Å². The smallest absolute Gasteiger partial charge is 0.407 e. The van der Waals surface area contributed by atoms with E-state index in [9.17, 15) is 13.6 Å². The summed E-state index contributed by atoms with van der Waals surface area (Å²) in [6, 6.07) is 0. The van der Waals surface area contributed by atoms with Crippen molar-refractivity contribution in [1.82, 2.24) is 9.80 Å². The summed E-state index contributed by atoms with van der Waals surface area (Å²) in [4.78, 5) is 13.5. The lowest BCUT2D eigenvalue weighted by molar-refractivity contribution is 0.0931. The molecule has 0 saturated carbocycles. The highest BCUT2D eigenvalue weighted by molar-refractivity contribution is 5.65. The van der Waals surface area contributed by atoms with Crippen LogP contribution in [-0.2, 0) is 0 Å². The molecule has 0 aromatic carbocycles. The van der Waals surface area contributed by atoms with Crippen LogP contribution in [0.3, 0.4) is 0 Å². The number of likely N-dealkylation sites (tertiary alicyclic amines) is 1. The zero-order chi connectivity index (χ0) is 11.4. The van der Waals surface area contributed by atoms with Crippen LogP contribution in [-0.4, -0.2) is 60.7 Å². The van der Waals surface area contributed by atoms with Gasteiger partial charge in [-0.15, -0.1) is 0 Å². The topological polar surface area (TPSA) is 43.8 Å². The fourth-order valence-electron chi connectivity index (χ4n) is 1.91. The van der Waals surface area contributed by atoms with Crippen molar-refractivity contribution >= 4 is 6.09 Å². The molecule has 4 nitrogen and oxygen atoms in total. The Morgan fingerprint density at radius 1 is 1.67 bits per heavy atom. The third-order valence-corrected chi connectivity index (χ3v) is 2.58. The molecular formula is C9H16F2N2O2. The van der Waals surface area contributed by atoms with Crippen LogP contribution in [0.4, 0.5) is 13.6 Å². The van der Waals surface area contributed by atoms with E-state index in [0.717, 1.165) is 6.42 Å². The second-order valence-electron chi connectivity index (χ2n) is 4.00. The summed E-state index contributed by atoms with van der Waals surface area (Å²) >= 11 is 0.